The van der Waals surface area contributed by atoms with E-state index in [4.69, 9.17) is 14.0 Å². The van der Waals surface area contributed by atoms with Crippen molar-refractivity contribution in [2.75, 3.05) is 14.2 Å². The van der Waals surface area contributed by atoms with Gasteiger partial charge in [0.05, 0.1) is 26.4 Å². The van der Waals surface area contributed by atoms with Crippen molar-refractivity contribution in [1.82, 2.24) is 5.16 Å². The van der Waals surface area contributed by atoms with Crippen molar-refractivity contribution in [3.05, 3.63) is 52.5 Å². The fourth-order valence-electron chi connectivity index (χ4n) is 2.52. The molecule has 0 atom stereocenters. The van der Waals surface area contributed by atoms with Crippen molar-refractivity contribution in [2.45, 2.75) is 6.61 Å². The van der Waals surface area contributed by atoms with Crippen LogP contribution in [0.3, 0.4) is 0 Å². The summed E-state index contributed by atoms with van der Waals surface area (Å²) >= 11 is 3.44. The van der Waals surface area contributed by atoms with Gasteiger partial charge in [0.15, 0.2) is 5.76 Å². The Hall–Kier alpha value is -2.31. The van der Waals surface area contributed by atoms with E-state index in [1.807, 2.05) is 36.4 Å². The molecule has 0 saturated carbocycles. The molecule has 0 bridgehead atoms. The molecule has 2 aromatic carbocycles. The molecule has 0 spiro atoms. The summed E-state index contributed by atoms with van der Waals surface area (Å²) in [5.41, 5.74) is 2.72. The molecule has 0 aliphatic rings. The fourth-order valence-corrected chi connectivity index (χ4v) is 2.92. The van der Waals surface area contributed by atoms with Crippen LogP contribution in [-0.4, -0.2) is 24.5 Å². The Kier molecular flexibility index (Phi) is 4.87. The number of aliphatic hydroxyl groups is 1. The van der Waals surface area contributed by atoms with Crippen LogP contribution < -0.4 is 9.47 Å². The second-order valence-corrected chi connectivity index (χ2v) is 5.99. The summed E-state index contributed by atoms with van der Waals surface area (Å²) in [5, 5.41) is 14.0. The molecule has 0 aliphatic heterocycles. The van der Waals surface area contributed by atoms with Crippen LogP contribution in [0, 0.1) is 0 Å². The van der Waals surface area contributed by atoms with Crippen LogP contribution in [0.25, 0.3) is 22.6 Å². The van der Waals surface area contributed by atoms with Crippen molar-refractivity contribution in [1.29, 1.82) is 0 Å². The third-order valence-electron chi connectivity index (χ3n) is 3.70. The second kappa shape index (κ2) is 7.07. The maximum absolute atomic E-state index is 9.87. The average molecular weight is 390 g/mol. The van der Waals surface area contributed by atoms with E-state index in [-0.39, 0.29) is 6.61 Å². The summed E-state index contributed by atoms with van der Waals surface area (Å²) in [6.45, 7) is -0.199. The Balaban J connectivity index is 2.14. The lowest BCUT2D eigenvalue weighted by molar-refractivity contribution is 0.281. The molecule has 3 rings (SSSR count). The van der Waals surface area contributed by atoms with Gasteiger partial charge in [-0.05, 0) is 24.3 Å². The molecule has 6 heteroatoms. The molecule has 1 aromatic heterocycles. The van der Waals surface area contributed by atoms with Gasteiger partial charge in [0.25, 0.3) is 0 Å². The van der Waals surface area contributed by atoms with Crippen LogP contribution in [-0.2, 0) is 6.61 Å². The number of nitrogens with zero attached hydrogens (tertiary/aromatic N) is 1. The SMILES string of the molecule is COc1ccc(-c2noc(-c3cccc(Br)c3)c2CO)c(OC)c1. The first-order valence-corrected chi connectivity index (χ1v) is 8.05. The summed E-state index contributed by atoms with van der Waals surface area (Å²) in [7, 11) is 3.17. The molecule has 0 aliphatic carbocycles. The Morgan fingerprint density at radius 1 is 1.12 bits per heavy atom. The van der Waals surface area contributed by atoms with E-state index in [0.717, 1.165) is 15.6 Å². The molecule has 0 saturated heterocycles. The zero-order valence-electron chi connectivity index (χ0n) is 13.2. The van der Waals surface area contributed by atoms with Gasteiger partial charge in [-0.1, -0.05) is 33.2 Å². The Labute approximate surface area is 147 Å². The standard InChI is InChI=1S/C18H16BrNO4/c1-22-13-6-7-14(16(9-13)23-2)17-15(10-21)18(24-20-17)11-4-3-5-12(19)8-11/h3-9,21H,10H2,1-2H3. The van der Waals surface area contributed by atoms with E-state index in [1.54, 1.807) is 20.3 Å². The molecule has 0 unspecified atom stereocenters. The number of aliphatic hydroxyl groups excluding tert-OH is 1. The Morgan fingerprint density at radius 3 is 2.62 bits per heavy atom. The molecule has 0 amide bonds. The maximum atomic E-state index is 9.87. The molecule has 0 fully saturated rings. The lowest BCUT2D eigenvalue weighted by atomic mass is 10.0. The van der Waals surface area contributed by atoms with Crippen LogP contribution in [0.15, 0.2) is 51.5 Å². The first-order valence-electron chi connectivity index (χ1n) is 7.25. The highest BCUT2D eigenvalue weighted by molar-refractivity contribution is 9.10. The number of aromatic nitrogens is 1. The summed E-state index contributed by atoms with van der Waals surface area (Å²) < 4.78 is 17.1. The molecule has 0 radical (unpaired) electrons. The molecule has 3 aromatic rings. The quantitative estimate of drug-likeness (QED) is 0.705. The van der Waals surface area contributed by atoms with Crippen molar-refractivity contribution >= 4 is 15.9 Å². The number of benzene rings is 2. The number of hydrogen-bond acceptors (Lipinski definition) is 5. The van der Waals surface area contributed by atoms with Crippen molar-refractivity contribution in [3.8, 4) is 34.1 Å². The first-order chi connectivity index (χ1) is 11.7. The van der Waals surface area contributed by atoms with Crippen LogP contribution in [0.2, 0.25) is 0 Å². The minimum atomic E-state index is -0.199. The van der Waals surface area contributed by atoms with Gasteiger partial charge >= 0.3 is 0 Å². The second-order valence-electron chi connectivity index (χ2n) is 5.07. The van der Waals surface area contributed by atoms with Gasteiger partial charge < -0.3 is 19.1 Å². The molecular weight excluding hydrogens is 374 g/mol. The predicted octanol–water partition coefficient (Wildman–Crippen LogP) is 4.28. The fraction of sp³-hybridized carbons (Fsp3) is 0.167. The van der Waals surface area contributed by atoms with Gasteiger partial charge in [-0.15, -0.1) is 0 Å². The van der Waals surface area contributed by atoms with Gasteiger partial charge in [-0.25, -0.2) is 0 Å². The van der Waals surface area contributed by atoms with Gasteiger partial charge in [0.2, 0.25) is 0 Å². The van der Waals surface area contributed by atoms with Crippen molar-refractivity contribution in [3.63, 3.8) is 0 Å². The first kappa shape index (κ1) is 16.5. The van der Waals surface area contributed by atoms with Gasteiger partial charge in [-0.2, -0.15) is 0 Å². The molecule has 5 nitrogen and oxygen atoms in total. The summed E-state index contributed by atoms with van der Waals surface area (Å²) in [5.74, 6) is 1.81. The molecule has 124 valence electrons. The van der Waals surface area contributed by atoms with E-state index >= 15 is 0 Å². The number of halogens is 1. The van der Waals surface area contributed by atoms with Gasteiger partial charge in [0, 0.05) is 21.7 Å². The lowest BCUT2D eigenvalue weighted by Gasteiger charge is -2.09. The van der Waals surface area contributed by atoms with Crippen LogP contribution >= 0.6 is 15.9 Å². The zero-order chi connectivity index (χ0) is 17.1. The molecule has 1 heterocycles. The van der Waals surface area contributed by atoms with Crippen LogP contribution in [0.5, 0.6) is 11.5 Å². The van der Waals surface area contributed by atoms with Crippen molar-refractivity contribution in [2.24, 2.45) is 0 Å². The highest BCUT2D eigenvalue weighted by atomic mass is 79.9. The van der Waals surface area contributed by atoms with E-state index in [0.29, 0.717) is 28.5 Å². The van der Waals surface area contributed by atoms with E-state index < -0.39 is 0 Å². The minimum Gasteiger partial charge on any atom is -0.497 e. The normalized spacial score (nSPS) is 10.7. The summed E-state index contributed by atoms with van der Waals surface area (Å²) in [6.07, 6.45) is 0. The number of methoxy groups -OCH3 is 2. The number of hydrogen-bond donors (Lipinski definition) is 1. The van der Waals surface area contributed by atoms with Gasteiger partial charge in [-0.3, -0.25) is 0 Å². The molecular formula is C18H16BrNO4. The van der Waals surface area contributed by atoms with Crippen LogP contribution in [0.1, 0.15) is 5.56 Å². The highest BCUT2D eigenvalue weighted by Gasteiger charge is 2.21. The van der Waals surface area contributed by atoms with Crippen LogP contribution in [0.4, 0.5) is 0 Å². The Morgan fingerprint density at radius 2 is 1.96 bits per heavy atom. The third kappa shape index (κ3) is 3.02. The zero-order valence-corrected chi connectivity index (χ0v) is 14.8. The van der Waals surface area contributed by atoms with E-state index in [9.17, 15) is 5.11 Å². The third-order valence-corrected chi connectivity index (χ3v) is 4.19. The highest BCUT2D eigenvalue weighted by Crippen LogP contribution is 2.38. The monoisotopic (exact) mass is 389 g/mol. The topological polar surface area (TPSA) is 64.7 Å². The molecule has 1 N–H and O–H groups in total. The summed E-state index contributed by atoms with van der Waals surface area (Å²) in [6, 6.07) is 13.0. The predicted molar refractivity (Wildman–Crippen MR) is 94.1 cm³/mol. The van der Waals surface area contributed by atoms with E-state index in [2.05, 4.69) is 21.1 Å². The van der Waals surface area contributed by atoms with Crippen molar-refractivity contribution < 1.29 is 19.1 Å². The van der Waals surface area contributed by atoms with E-state index in [1.165, 1.54) is 0 Å². The Bertz CT molecular complexity index is 860. The number of rotatable bonds is 5. The minimum absolute atomic E-state index is 0.199. The largest absolute Gasteiger partial charge is 0.497 e. The lowest BCUT2D eigenvalue weighted by Crippen LogP contribution is -1.94. The number of ether oxygens (including phenoxy) is 2. The summed E-state index contributed by atoms with van der Waals surface area (Å²) in [4.78, 5) is 0. The maximum Gasteiger partial charge on any atom is 0.173 e. The molecule has 24 heavy (non-hydrogen) atoms. The van der Waals surface area contributed by atoms with Gasteiger partial charge in [0.1, 0.15) is 17.2 Å². The average Bonchev–Trinajstić information content (AvgIpc) is 3.04. The smallest absolute Gasteiger partial charge is 0.173 e.